The second kappa shape index (κ2) is 9.56. The zero-order chi connectivity index (χ0) is 27.3. The van der Waals surface area contributed by atoms with Gasteiger partial charge in [0.15, 0.2) is 4.34 Å². The molecule has 3 aromatic carbocycles. The third kappa shape index (κ3) is 4.46. The molecule has 6 rings (SSSR count). The van der Waals surface area contributed by atoms with Gasteiger partial charge < -0.3 is 0 Å². The van der Waals surface area contributed by atoms with Crippen LogP contribution in [0.5, 0.6) is 0 Å². The van der Waals surface area contributed by atoms with Gasteiger partial charge in [0.05, 0.1) is 31.4 Å². The number of para-hydroxylation sites is 1. The number of rotatable bonds is 6. The van der Waals surface area contributed by atoms with Crippen LogP contribution in [0.25, 0.3) is 10.2 Å². The molecule has 1 aromatic heterocycles. The molecule has 4 amide bonds. The molecule has 2 aliphatic heterocycles. The standard InChI is InChI=1S/C27H17N3O6S3/c31-23-11-12-24(32)29(23)16-5-3-7-18(13-16)39(35,36)19-8-4-6-17(14-19)30-25(33)15-22(26(30)34)38-27-28-20-9-1-2-10-21(20)37-27/h1-14,22H,15H2. The molecular weight excluding hydrogens is 559 g/mol. The van der Waals surface area contributed by atoms with Crippen molar-refractivity contribution in [1.29, 1.82) is 0 Å². The fourth-order valence-corrected chi connectivity index (χ4v) is 8.03. The molecule has 2 aliphatic rings. The van der Waals surface area contributed by atoms with Gasteiger partial charge in [0.2, 0.25) is 21.7 Å². The molecule has 194 valence electrons. The number of thiazole rings is 1. The lowest BCUT2D eigenvalue weighted by atomic mass is 10.3. The molecule has 0 saturated carbocycles. The molecule has 9 nitrogen and oxygen atoms in total. The second-order valence-corrected chi connectivity index (χ2v) is 13.1. The predicted molar refractivity (Wildman–Crippen MR) is 146 cm³/mol. The molecule has 0 spiro atoms. The number of thioether (sulfide) groups is 1. The molecule has 1 unspecified atom stereocenters. The zero-order valence-electron chi connectivity index (χ0n) is 19.9. The smallest absolute Gasteiger partial charge is 0.258 e. The van der Waals surface area contributed by atoms with Crippen molar-refractivity contribution in [3.63, 3.8) is 0 Å². The highest BCUT2D eigenvalue weighted by atomic mass is 32.2. The molecule has 0 bridgehead atoms. The predicted octanol–water partition coefficient (Wildman–Crippen LogP) is 3.98. The maximum atomic E-state index is 13.5. The van der Waals surface area contributed by atoms with Crippen LogP contribution in [0, 0.1) is 0 Å². The van der Waals surface area contributed by atoms with E-state index in [-0.39, 0.29) is 27.6 Å². The monoisotopic (exact) mass is 575 g/mol. The van der Waals surface area contributed by atoms with E-state index in [2.05, 4.69) is 4.98 Å². The Balaban J connectivity index is 1.27. The summed E-state index contributed by atoms with van der Waals surface area (Å²) in [6.45, 7) is 0. The van der Waals surface area contributed by atoms with Crippen LogP contribution in [0.15, 0.2) is 99.1 Å². The summed E-state index contributed by atoms with van der Waals surface area (Å²) in [4.78, 5) is 56.4. The fraction of sp³-hybridized carbons (Fsp3) is 0.0741. The van der Waals surface area contributed by atoms with Gasteiger partial charge in [-0.05, 0) is 48.5 Å². The van der Waals surface area contributed by atoms with E-state index >= 15 is 0 Å². The summed E-state index contributed by atoms with van der Waals surface area (Å²) in [5, 5.41) is -0.681. The van der Waals surface area contributed by atoms with Crippen LogP contribution in [0.4, 0.5) is 11.4 Å². The maximum Gasteiger partial charge on any atom is 0.258 e. The minimum Gasteiger partial charge on any atom is -0.274 e. The number of amides is 4. The average Bonchev–Trinajstić information content (AvgIpc) is 3.58. The first kappa shape index (κ1) is 25.2. The lowest BCUT2D eigenvalue weighted by molar-refractivity contribution is -0.122. The van der Waals surface area contributed by atoms with E-state index in [9.17, 15) is 27.6 Å². The molecule has 1 fully saturated rings. The van der Waals surface area contributed by atoms with Crippen molar-refractivity contribution in [1.82, 2.24) is 4.98 Å². The number of hydrogen-bond acceptors (Lipinski definition) is 9. The molecule has 39 heavy (non-hydrogen) atoms. The quantitative estimate of drug-likeness (QED) is 0.317. The van der Waals surface area contributed by atoms with Crippen molar-refractivity contribution in [2.24, 2.45) is 0 Å². The number of sulfone groups is 1. The van der Waals surface area contributed by atoms with Crippen LogP contribution in [0.1, 0.15) is 6.42 Å². The number of fused-ring (bicyclic) bond motifs is 1. The number of nitrogens with zero attached hydrogens (tertiary/aromatic N) is 3. The summed E-state index contributed by atoms with van der Waals surface area (Å²) < 4.78 is 28.6. The van der Waals surface area contributed by atoms with Crippen LogP contribution in [-0.2, 0) is 29.0 Å². The normalized spacial score (nSPS) is 17.7. The van der Waals surface area contributed by atoms with E-state index in [1.165, 1.54) is 71.6 Å². The third-order valence-electron chi connectivity index (χ3n) is 6.20. The largest absolute Gasteiger partial charge is 0.274 e. The topological polar surface area (TPSA) is 122 Å². The van der Waals surface area contributed by atoms with Gasteiger partial charge in [0.25, 0.3) is 11.8 Å². The highest BCUT2D eigenvalue weighted by molar-refractivity contribution is 8.02. The van der Waals surface area contributed by atoms with Crippen molar-refractivity contribution in [2.75, 3.05) is 9.80 Å². The molecule has 0 radical (unpaired) electrons. The number of carbonyl (C=O) groups is 4. The molecule has 0 N–H and O–H groups in total. The van der Waals surface area contributed by atoms with Gasteiger partial charge in [0.1, 0.15) is 5.25 Å². The summed E-state index contributed by atoms with van der Waals surface area (Å²) in [6, 6.07) is 18.7. The Kier molecular flexibility index (Phi) is 6.17. The SMILES string of the molecule is O=C1C=CC(=O)N1c1cccc(S(=O)(=O)c2cccc(N3C(=O)CC(Sc4nc5ccccc5s4)C3=O)c2)c1. The number of aromatic nitrogens is 1. The summed E-state index contributed by atoms with van der Waals surface area (Å²) in [5.41, 5.74) is 1.07. The number of hydrogen-bond donors (Lipinski definition) is 0. The minimum atomic E-state index is -4.12. The van der Waals surface area contributed by atoms with E-state index in [1.807, 2.05) is 24.3 Å². The van der Waals surface area contributed by atoms with Gasteiger partial charge in [0, 0.05) is 18.6 Å². The maximum absolute atomic E-state index is 13.5. The minimum absolute atomic E-state index is 0.0373. The lowest BCUT2D eigenvalue weighted by Gasteiger charge is -2.17. The van der Waals surface area contributed by atoms with E-state index in [1.54, 1.807) is 0 Å². The van der Waals surface area contributed by atoms with E-state index < -0.39 is 38.7 Å². The van der Waals surface area contributed by atoms with Gasteiger partial charge in [-0.1, -0.05) is 36.0 Å². The Morgan fingerprint density at radius 3 is 2.05 bits per heavy atom. The van der Waals surface area contributed by atoms with Crippen LogP contribution in [-0.4, -0.2) is 42.3 Å². The molecule has 12 heteroatoms. The van der Waals surface area contributed by atoms with E-state index in [0.717, 1.165) is 32.2 Å². The fourth-order valence-electron chi connectivity index (χ4n) is 4.36. The Bertz CT molecular complexity index is 1800. The van der Waals surface area contributed by atoms with Crippen LogP contribution in [0.3, 0.4) is 0 Å². The van der Waals surface area contributed by atoms with Crippen molar-refractivity contribution in [2.45, 2.75) is 25.8 Å². The van der Waals surface area contributed by atoms with Crippen molar-refractivity contribution < 1.29 is 27.6 Å². The molecule has 4 aromatic rings. The summed E-state index contributed by atoms with van der Waals surface area (Å²) in [5.74, 6) is -2.02. The Morgan fingerprint density at radius 1 is 0.795 bits per heavy atom. The number of benzene rings is 3. The van der Waals surface area contributed by atoms with Crippen molar-refractivity contribution >= 4 is 78.2 Å². The van der Waals surface area contributed by atoms with Crippen LogP contribution >= 0.6 is 23.1 Å². The second-order valence-electron chi connectivity index (χ2n) is 8.67. The zero-order valence-corrected chi connectivity index (χ0v) is 22.3. The van der Waals surface area contributed by atoms with Gasteiger partial charge in [-0.15, -0.1) is 11.3 Å². The van der Waals surface area contributed by atoms with Gasteiger partial charge in [-0.3, -0.25) is 19.2 Å². The molecule has 0 aliphatic carbocycles. The number of carbonyl (C=O) groups excluding carboxylic acids is 4. The van der Waals surface area contributed by atoms with Crippen molar-refractivity contribution in [3.05, 3.63) is 84.9 Å². The molecular formula is C27H17N3O6S3. The first-order chi connectivity index (χ1) is 18.7. The van der Waals surface area contributed by atoms with E-state index in [0.29, 0.717) is 4.34 Å². The summed E-state index contributed by atoms with van der Waals surface area (Å²) in [6.07, 6.45) is 2.18. The molecule has 1 saturated heterocycles. The Morgan fingerprint density at radius 2 is 1.41 bits per heavy atom. The van der Waals surface area contributed by atoms with E-state index in [4.69, 9.17) is 0 Å². The lowest BCUT2D eigenvalue weighted by Crippen LogP contribution is -2.31. The summed E-state index contributed by atoms with van der Waals surface area (Å²) >= 11 is 2.66. The first-order valence-electron chi connectivity index (χ1n) is 11.6. The number of imide groups is 2. The van der Waals surface area contributed by atoms with Gasteiger partial charge >= 0.3 is 0 Å². The first-order valence-corrected chi connectivity index (χ1v) is 14.8. The average molecular weight is 576 g/mol. The highest BCUT2D eigenvalue weighted by Gasteiger charge is 2.41. The summed E-state index contributed by atoms with van der Waals surface area (Å²) in [7, 11) is -4.12. The van der Waals surface area contributed by atoms with Gasteiger partial charge in [-0.2, -0.15) is 0 Å². The Hall–Kier alpha value is -4.13. The third-order valence-corrected chi connectivity index (χ3v) is 10.3. The number of anilines is 2. The van der Waals surface area contributed by atoms with Gasteiger partial charge in [-0.25, -0.2) is 23.2 Å². The Labute approximate surface area is 230 Å². The van der Waals surface area contributed by atoms with Crippen LogP contribution in [0.2, 0.25) is 0 Å². The van der Waals surface area contributed by atoms with Crippen LogP contribution < -0.4 is 9.80 Å². The van der Waals surface area contributed by atoms with Crippen molar-refractivity contribution in [3.8, 4) is 0 Å². The molecule has 1 atom stereocenters. The molecule has 3 heterocycles. The highest BCUT2D eigenvalue weighted by Crippen LogP contribution is 2.38.